The van der Waals surface area contributed by atoms with Crippen LogP contribution in [-0.4, -0.2) is 35.5 Å². The van der Waals surface area contributed by atoms with Crippen LogP contribution in [0.5, 0.6) is 0 Å². The molecule has 0 aromatic heterocycles. The SMILES string of the molecule is CC(C)C1=CN(c2ccc(C(=O)O)cc2)C(=O)C[C@@]1(C)c1ccc(CCC(C)(C)C)c(Cl)c1.CCOC(=O)c1ccc(N2C=C(C(C)C)[C@](C)(c3ccc(CCC(C)(C)C)c(Cl)c3)CC2=O)cc1. The quantitative estimate of drug-likeness (QED) is 0.134. The number of aromatic carboxylic acids is 1. The average molecular weight is 964 g/mol. The summed E-state index contributed by atoms with van der Waals surface area (Å²) >= 11 is 13.4. The van der Waals surface area contributed by atoms with E-state index in [0.717, 1.165) is 69.2 Å². The van der Waals surface area contributed by atoms with Gasteiger partial charge in [-0.2, -0.15) is 0 Å². The Hall–Kier alpha value is -5.18. The van der Waals surface area contributed by atoms with E-state index < -0.39 is 16.8 Å². The second-order valence-corrected chi connectivity index (χ2v) is 22.7. The van der Waals surface area contributed by atoms with Gasteiger partial charge in [-0.05, 0) is 149 Å². The summed E-state index contributed by atoms with van der Waals surface area (Å²) < 4.78 is 5.07. The molecule has 0 spiro atoms. The number of carbonyl (C=O) groups excluding carboxylic acids is 3. The molecule has 4 aromatic rings. The van der Waals surface area contributed by atoms with Crippen molar-refractivity contribution in [1.29, 1.82) is 0 Å². The van der Waals surface area contributed by atoms with Crippen molar-refractivity contribution >= 4 is 58.3 Å². The number of halogens is 2. The largest absolute Gasteiger partial charge is 0.478 e. The van der Waals surface area contributed by atoms with E-state index in [1.54, 1.807) is 53.1 Å². The van der Waals surface area contributed by atoms with Crippen LogP contribution in [0.4, 0.5) is 11.4 Å². The van der Waals surface area contributed by atoms with Gasteiger partial charge < -0.3 is 9.84 Å². The fourth-order valence-corrected chi connectivity index (χ4v) is 9.73. The van der Waals surface area contributed by atoms with Crippen molar-refractivity contribution in [2.75, 3.05) is 16.4 Å². The van der Waals surface area contributed by atoms with Gasteiger partial charge >= 0.3 is 11.9 Å². The molecule has 8 nitrogen and oxygen atoms in total. The fourth-order valence-electron chi connectivity index (χ4n) is 9.18. The monoisotopic (exact) mass is 962 g/mol. The van der Waals surface area contributed by atoms with Gasteiger partial charge in [0.2, 0.25) is 11.8 Å². The fraction of sp³-hybridized carbons (Fsp3) is 0.448. The van der Waals surface area contributed by atoms with Crippen LogP contribution in [0, 0.1) is 22.7 Å². The highest BCUT2D eigenvalue weighted by Crippen LogP contribution is 2.46. The van der Waals surface area contributed by atoms with Crippen LogP contribution in [0.25, 0.3) is 0 Å². The number of carboxylic acids is 1. The first-order chi connectivity index (χ1) is 31.7. The van der Waals surface area contributed by atoms with E-state index in [4.69, 9.17) is 33.0 Å². The first-order valence-electron chi connectivity index (χ1n) is 23.9. The van der Waals surface area contributed by atoms with Crippen LogP contribution < -0.4 is 9.80 Å². The second-order valence-electron chi connectivity index (χ2n) is 21.9. The molecule has 4 aromatic carbocycles. The molecule has 6 rings (SSSR count). The first kappa shape index (κ1) is 53.8. The lowest BCUT2D eigenvalue weighted by Crippen LogP contribution is -2.42. The molecule has 2 aliphatic heterocycles. The topological polar surface area (TPSA) is 104 Å². The lowest BCUT2D eigenvalue weighted by Gasteiger charge is -2.41. The van der Waals surface area contributed by atoms with Crippen LogP contribution in [0.2, 0.25) is 10.0 Å². The molecule has 2 aliphatic rings. The van der Waals surface area contributed by atoms with Gasteiger partial charge in [-0.1, -0.05) is 131 Å². The van der Waals surface area contributed by atoms with E-state index in [1.165, 1.54) is 17.7 Å². The first-order valence-corrected chi connectivity index (χ1v) is 24.7. The number of benzene rings is 4. The zero-order chi connectivity index (χ0) is 50.5. The van der Waals surface area contributed by atoms with Crippen LogP contribution in [0.3, 0.4) is 0 Å². The number of esters is 1. The summed E-state index contributed by atoms with van der Waals surface area (Å²) in [7, 11) is 0. The number of amides is 2. The number of aryl methyl sites for hydroxylation is 2. The van der Waals surface area contributed by atoms with Crippen molar-refractivity contribution in [1.82, 2.24) is 0 Å². The standard InChI is InChI=1S/C30H38ClNO3.C28H34ClNO3/c1-8-35-28(34)22-10-13-24(14-11-22)32-19-25(20(2)3)30(7,18-27(32)33)23-12-9-21(26(31)17-23)15-16-29(4,5)6;1-18(2)23-17-30(22-11-8-20(9-12-22)26(32)33)25(31)16-28(23,6)21-10-7-19(24(29)15-21)13-14-27(3,4)5/h9-14,17,19-20H,8,15-16,18H2,1-7H3;7-12,15,17-18H,13-14,16H2,1-6H3,(H,32,33)/t30-;28-/m00/s1. The molecule has 0 saturated heterocycles. The van der Waals surface area contributed by atoms with E-state index in [9.17, 15) is 19.2 Å². The van der Waals surface area contributed by atoms with Crippen LogP contribution >= 0.6 is 23.2 Å². The Morgan fingerprint density at radius 2 is 1.00 bits per heavy atom. The molecule has 0 radical (unpaired) electrons. The third-order valence-electron chi connectivity index (χ3n) is 13.3. The summed E-state index contributed by atoms with van der Waals surface area (Å²) in [6.45, 7) is 28.3. The molecule has 0 unspecified atom stereocenters. The molecule has 10 heteroatoms. The van der Waals surface area contributed by atoms with Crippen LogP contribution in [0.15, 0.2) is 108 Å². The van der Waals surface area contributed by atoms with Gasteiger partial charge in [0.15, 0.2) is 0 Å². The lowest BCUT2D eigenvalue weighted by atomic mass is 9.68. The number of allylic oxidation sites excluding steroid dienone is 2. The van der Waals surface area contributed by atoms with Gasteiger partial charge in [-0.15, -0.1) is 0 Å². The van der Waals surface area contributed by atoms with E-state index in [1.807, 2.05) is 24.5 Å². The zero-order valence-corrected chi connectivity index (χ0v) is 44.0. The normalized spacial score (nSPS) is 18.8. The highest BCUT2D eigenvalue weighted by atomic mass is 35.5. The maximum absolute atomic E-state index is 13.4. The molecular weight excluding hydrogens is 892 g/mol. The summed E-state index contributed by atoms with van der Waals surface area (Å²) in [5.74, 6) is -0.929. The number of ether oxygens (including phenoxy) is 1. The minimum Gasteiger partial charge on any atom is -0.478 e. The van der Waals surface area contributed by atoms with Crippen molar-refractivity contribution in [2.45, 2.75) is 139 Å². The summed E-state index contributed by atoms with van der Waals surface area (Å²) in [6, 6.07) is 26.0. The predicted octanol–water partition coefficient (Wildman–Crippen LogP) is 15.0. The average Bonchev–Trinajstić information content (AvgIpc) is 3.25. The molecule has 2 amide bonds. The Morgan fingerprint density at radius 3 is 1.31 bits per heavy atom. The van der Waals surface area contributed by atoms with Gasteiger partial charge in [-0.3, -0.25) is 19.4 Å². The van der Waals surface area contributed by atoms with Gasteiger partial charge in [0.25, 0.3) is 0 Å². The predicted molar refractivity (Wildman–Crippen MR) is 279 cm³/mol. The number of hydrogen-bond donors (Lipinski definition) is 1. The van der Waals surface area contributed by atoms with Gasteiger partial charge in [0.05, 0.1) is 17.7 Å². The molecule has 0 aliphatic carbocycles. The molecule has 2 atom stereocenters. The number of rotatable bonds is 13. The molecule has 68 heavy (non-hydrogen) atoms. The number of carboxylic acid groups (broad SMARTS) is 1. The summed E-state index contributed by atoms with van der Waals surface area (Å²) in [4.78, 5) is 53.2. The van der Waals surface area contributed by atoms with E-state index in [0.29, 0.717) is 30.7 Å². The van der Waals surface area contributed by atoms with E-state index in [2.05, 4.69) is 107 Å². The summed E-state index contributed by atoms with van der Waals surface area (Å²) in [6.07, 6.45) is 8.51. The Balaban J connectivity index is 0.000000255. The van der Waals surface area contributed by atoms with Crippen molar-refractivity contribution in [3.63, 3.8) is 0 Å². The Labute approximate surface area is 415 Å². The molecule has 1 N–H and O–H groups in total. The van der Waals surface area contributed by atoms with Crippen molar-refractivity contribution < 1.29 is 29.0 Å². The smallest absolute Gasteiger partial charge is 0.338 e. The van der Waals surface area contributed by atoms with Crippen molar-refractivity contribution in [3.05, 3.63) is 152 Å². The van der Waals surface area contributed by atoms with Gasteiger partial charge in [0, 0.05) is 57.5 Å². The maximum Gasteiger partial charge on any atom is 0.338 e. The third kappa shape index (κ3) is 12.9. The summed E-state index contributed by atoms with van der Waals surface area (Å²) in [5, 5.41) is 10.7. The highest BCUT2D eigenvalue weighted by molar-refractivity contribution is 6.31. The summed E-state index contributed by atoms with van der Waals surface area (Å²) in [5.41, 5.74) is 8.35. The minimum atomic E-state index is -0.986. The molecule has 0 bridgehead atoms. The van der Waals surface area contributed by atoms with E-state index >= 15 is 0 Å². The molecule has 0 fully saturated rings. The number of nitrogens with zero attached hydrogens (tertiary/aromatic N) is 2. The van der Waals surface area contributed by atoms with Gasteiger partial charge in [0.1, 0.15) is 0 Å². The van der Waals surface area contributed by atoms with Crippen molar-refractivity contribution in [3.8, 4) is 0 Å². The highest BCUT2D eigenvalue weighted by Gasteiger charge is 2.42. The number of hydrogen-bond acceptors (Lipinski definition) is 5. The molecule has 0 saturated carbocycles. The molecule has 364 valence electrons. The third-order valence-corrected chi connectivity index (χ3v) is 14.0. The zero-order valence-electron chi connectivity index (χ0n) is 42.5. The number of anilines is 2. The maximum atomic E-state index is 13.4. The minimum absolute atomic E-state index is 0.00807. The molecular formula is C58H72Cl2N2O6. The van der Waals surface area contributed by atoms with Crippen LogP contribution in [-0.2, 0) is 38.0 Å². The van der Waals surface area contributed by atoms with Crippen molar-refractivity contribution in [2.24, 2.45) is 22.7 Å². The Kier molecular flexibility index (Phi) is 17.1. The number of carbonyl (C=O) groups is 4. The van der Waals surface area contributed by atoms with Gasteiger partial charge in [-0.25, -0.2) is 9.59 Å². The Morgan fingerprint density at radius 1 is 0.632 bits per heavy atom. The van der Waals surface area contributed by atoms with Crippen LogP contribution in [0.1, 0.15) is 159 Å². The Bertz CT molecular complexity index is 2540. The van der Waals surface area contributed by atoms with E-state index in [-0.39, 0.29) is 46.0 Å². The molecule has 2 heterocycles. The second kappa shape index (κ2) is 21.6. The lowest BCUT2D eigenvalue weighted by molar-refractivity contribution is -0.120.